The fourth-order valence-corrected chi connectivity index (χ4v) is 10.5. The molecule has 0 bridgehead atoms. The van der Waals surface area contributed by atoms with Gasteiger partial charge in [-0.25, -0.2) is 9.97 Å². The minimum Gasteiger partial charge on any atom is -0.466 e. The van der Waals surface area contributed by atoms with Crippen LogP contribution >= 0.6 is 0 Å². The molecule has 0 atom stereocenters. The zero-order valence-electron chi connectivity index (χ0n) is 41.5. The molecule has 4 aliphatic rings. The van der Waals surface area contributed by atoms with Gasteiger partial charge >= 0.3 is 5.97 Å². The van der Waals surface area contributed by atoms with Crippen molar-refractivity contribution >= 4 is 17.6 Å². The molecule has 0 radical (unpaired) electrons. The third-order valence-corrected chi connectivity index (χ3v) is 15.2. The van der Waals surface area contributed by atoms with Crippen molar-refractivity contribution in [2.75, 3.05) is 88.5 Å². The number of hydrogen-bond donors (Lipinski definition) is 1. The summed E-state index contributed by atoms with van der Waals surface area (Å²) in [5.74, 6) is 1.97. The fraction of sp³-hybridized carbons (Fsp3) is 0.589. The predicted octanol–water partition coefficient (Wildman–Crippen LogP) is 10.6. The number of unbranched alkanes of at least 4 members (excludes halogenated alkanes) is 2. The molecule has 0 saturated carbocycles. The molecule has 0 spiro atoms. The van der Waals surface area contributed by atoms with Crippen molar-refractivity contribution in [3.8, 4) is 22.5 Å². The highest BCUT2D eigenvalue weighted by Gasteiger charge is 2.38. The van der Waals surface area contributed by atoms with Crippen LogP contribution in [-0.2, 0) is 31.2 Å². The van der Waals surface area contributed by atoms with Gasteiger partial charge in [-0.05, 0) is 145 Å². The lowest BCUT2D eigenvalue weighted by Gasteiger charge is -2.42. The Morgan fingerprint density at radius 1 is 0.538 bits per heavy atom. The molecule has 352 valence electrons. The van der Waals surface area contributed by atoms with Crippen LogP contribution in [-0.4, -0.2) is 110 Å². The SMILES string of the molecule is CC(=O)OCCCCN1CCN(c2cccc(-c3ccc4c(c3)C(C)(C)CCC4(C)C)n2)CC1.CC1(C)CCC(C)(C)c2cc(-c3cccc(N4CCN(CCCCO)CC4)n3)ccc21. The molecule has 8 rings (SSSR count). The van der Waals surface area contributed by atoms with Crippen molar-refractivity contribution in [2.24, 2.45) is 0 Å². The molecule has 1 N–H and O–H groups in total. The Labute approximate surface area is 392 Å². The number of nitrogens with zero attached hydrogens (tertiary/aromatic N) is 6. The van der Waals surface area contributed by atoms with E-state index in [1.54, 1.807) is 0 Å². The van der Waals surface area contributed by atoms with Crippen molar-refractivity contribution in [1.82, 2.24) is 19.8 Å². The number of esters is 1. The monoisotopic (exact) mass is 885 g/mol. The van der Waals surface area contributed by atoms with Gasteiger partial charge in [0.15, 0.2) is 0 Å². The van der Waals surface area contributed by atoms with Crippen LogP contribution < -0.4 is 9.80 Å². The average Bonchev–Trinajstić information content (AvgIpc) is 3.30. The summed E-state index contributed by atoms with van der Waals surface area (Å²) in [6.07, 6.45) is 8.90. The number of pyridine rings is 2. The zero-order valence-corrected chi connectivity index (χ0v) is 41.5. The summed E-state index contributed by atoms with van der Waals surface area (Å²) in [5.41, 5.74) is 11.4. The molecule has 9 heteroatoms. The maximum atomic E-state index is 10.9. The molecule has 65 heavy (non-hydrogen) atoms. The number of fused-ring (bicyclic) bond motifs is 2. The smallest absolute Gasteiger partial charge is 0.302 e. The number of carbonyl (C=O) groups is 1. The second kappa shape index (κ2) is 20.7. The highest BCUT2D eigenvalue weighted by Crippen LogP contribution is 2.48. The molecular weight excluding hydrogens is 805 g/mol. The van der Waals surface area contributed by atoms with E-state index >= 15 is 0 Å². The van der Waals surface area contributed by atoms with Crippen molar-refractivity contribution < 1.29 is 14.6 Å². The van der Waals surface area contributed by atoms with Gasteiger partial charge in [0.25, 0.3) is 0 Å². The Balaban J connectivity index is 0.000000195. The van der Waals surface area contributed by atoms with E-state index in [4.69, 9.17) is 19.8 Å². The zero-order chi connectivity index (χ0) is 46.4. The van der Waals surface area contributed by atoms with Crippen molar-refractivity contribution in [3.63, 3.8) is 0 Å². The Morgan fingerprint density at radius 2 is 0.938 bits per heavy atom. The molecule has 2 fully saturated rings. The number of rotatable bonds is 13. The van der Waals surface area contributed by atoms with Gasteiger partial charge in [-0.2, -0.15) is 0 Å². The van der Waals surface area contributed by atoms with Crippen LogP contribution in [0.15, 0.2) is 72.8 Å². The summed E-state index contributed by atoms with van der Waals surface area (Å²) >= 11 is 0. The maximum Gasteiger partial charge on any atom is 0.302 e. The lowest BCUT2D eigenvalue weighted by Crippen LogP contribution is -2.47. The highest BCUT2D eigenvalue weighted by molar-refractivity contribution is 5.67. The van der Waals surface area contributed by atoms with Gasteiger partial charge < -0.3 is 19.6 Å². The van der Waals surface area contributed by atoms with Gasteiger partial charge in [0.1, 0.15) is 11.6 Å². The number of aliphatic hydroxyl groups excluding tert-OH is 1. The van der Waals surface area contributed by atoms with E-state index in [0.717, 1.165) is 114 Å². The quantitative estimate of drug-likeness (QED) is 0.104. The van der Waals surface area contributed by atoms with Gasteiger partial charge in [-0.15, -0.1) is 0 Å². The first-order valence-electron chi connectivity index (χ1n) is 24.9. The van der Waals surface area contributed by atoms with Gasteiger partial charge in [-0.3, -0.25) is 14.6 Å². The summed E-state index contributed by atoms with van der Waals surface area (Å²) in [6.45, 7) is 31.7. The van der Waals surface area contributed by atoms with E-state index in [-0.39, 0.29) is 27.6 Å². The van der Waals surface area contributed by atoms with E-state index < -0.39 is 0 Å². The number of ether oxygens (including phenoxy) is 1. The molecule has 9 nitrogen and oxygen atoms in total. The van der Waals surface area contributed by atoms with E-state index in [9.17, 15) is 4.79 Å². The van der Waals surface area contributed by atoms with Gasteiger partial charge in [0.05, 0.1) is 18.0 Å². The lowest BCUT2D eigenvalue weighted by atomic mass is 9.63. The minimum absolute atomic E-state index is 0.189. The number of anilines is 2. The summed E-state index contributed by atoms with van der Waals surface area (Å²) in [4.78, 5) is 30.9. The molecule has 2 saturated heterocycles. The number of benzene rings is 2. The van der Waals surface area contributed by atoms with Crippen LogP contribution in [0.2, 0.25) is 0 Å². The molecule has 0 amide bonds. The first-order valence-corrected chi connectivity index (χ1v) is 24.9. The standard InChI is InChI=1S/C29H41N3O2.C27H39N3O/c1-22(33)34-20-7-6-15-31-16-18-32(19-17-31)27-10-8-9-26(30-27)23-11-12-24-25(21-23)29(4,5)14-13-28(24,2)3;1-26(2)12-13-27(3,4)23-20-21(10-11-22(23)26)24-8-7-9-25(28-24)30-17-15-29(16-18-30)14-5-6-19-31/h8-12,21H,6-7,13-20H2,1-5H3;7-11,20,31H,5-6,12-19H2,1-4H3. The lowest BCUT2D eigenvalue weighted by molar-refractivity contribution is -0.141. The van der Waals surface area contributed by atoms with Gasteiger partial charge in [0, 0.05) is 77.0 Å². The highest BCUT2D eigenvalue weighted by atomic mass is 16.5. The van der Waals surface area contributed by atoms with E-state index in [2.05, 4.69) is 148 Å². The van der Waals surface area contributed by atoms with Crippen molar-refractivity contribution in [3.05, 3.63) is 95.1 Å². The number of carbonyl (C=O) groups excluding carboxylic acids is 1. The van der Waals surface area contributed by atoms with Crippen LogP contribution in [0.3, 0.4) is 0 Å². The van der Waals surface area contributed by atoms with Crippen LogP contribution in [0.5, 0.6) is 0 Å². The molecule has 2 aliphatic heterocycles. The second-order valence-corrected chi connectivity index (χ2v) is 22.0. The van der Waals surface area contributed by atoms with Crippen LogP contribution in [0, 0.1) is 0 Å². The molecular formula is C56H80N6O3. The topological polar surface area (TPSA) is 85.3 Å². The first kappa shape index (κ1) is 48.6. The van der Waals surface area contributed by atoms with E-state index in [1.165, 1.54) is 66.0 Å². The van der Waals surface area contributed by atoms with Crippen LogP contribution in [0.1, 0.15) is 136 Å². The normalized spacial score (nSPS) is 20.0. The molecule has 4 aromatic rings. The Morgan fingerprint density at radius 3 is 1.34 bits per heavy atom. The number of aliphatic hydroxyl groups is 1. The number of aromatic nitrogens is 2. The molecule has 2 aliphatic carbocycles. The van der Waals surface area contributed by atoms with Crippen LogP contribution in [0.25, 0.3) is 22.5 Å². The second-order valence-electron chi connectivity index (χ2n) is 22.0. The summed E-state index contributed by atoms with van der Waals surface area (Å²) < 4.78 is 5.03. The Hall–Kier alpha value is -4.31. The summed E-state index contributed by atoms with van der Waals surface area (Å²) in [5, 5.41) is 8.99. The van der Waals surface area contributed by atoms with Crippen LogP contribution in [0.4, 0.5) is 11.6 Å². The number of hydrogen-bond acceptors (Lipinski definition) is 9. The van der Waals surface area contributed by atoms with Gasteiger partial charge in [0.2, 0.25) is 0 Å². The molecule has 2 aromatic carbocycles. The largest absolute Gasteiger partial charge is 0.466 e. The number of piperazine rings is 2. The summed E-state index contributed by atoms with van der Waals surface area (Å²) in [6, 6.07) is 26.9. The first-order chi connectivity index (χ1) is 31.0. The van der Waals surface area contributed by atoms with E-state index in [0.29, 0.717) is 13.2 Å². The molecule has 4 heterocycles. The Bertz CT molecular complexity index is 2220. The maximum absolute atomic E-state index is 10.9. The third kappa shape index (κ3) is 12.0. The fourth-order valence-electron chi connectivity index (χ4n) is 10.5. The minimum atomic E-state index is -0.189. The van der Waals surface area contributed by atoms with E-state index in [1.807, 2.05) is 0 Å². The molecule has 2 aromatic heterocycles. The van der Waals surface area contributed by atoms with Crippen molar-refractivity contribution in [2.45, 2.75) is 135 Å². The summed E-state index contributed by atoms with van der Waals surface area (Å²) in [7, 11) is 0. The predicted molar refractivity (Wildman–Crippen MR) is 269 cm³/mol. The average molecular weight is 885 g/mol. The van der Waals surface area contributed by atoms with Crippen molar-refractivity contribution in [1.29, 1.82) is 0 Å². The third-order valence-electron chi connectivity index (χ3n) is 15.2. The van der Waals surface area contributed by atoms with Gasteiger partial charge in [-0.1, -0.05) is 91.8 Å². The Kier molecular flexibility index (Phi) is 15.5. The molecule has 0 unspecified atom stereocenters.